The summed E-state index contributed by atoms with van der Waals surface area (Å²) in [5.41, 5.74) is 0.446. The van der Waals surface area contributed by atoms with Gasteiger partial charge in [-0.05, 0) is 24.6 Å². The largest absolute Gasteiger partial charge is 0.484 e. The molecule has 2 rings (SSSR count). The van der Waals surface area contributed by atoms with Crippen molar-refractivity contribution in [3.8, 4) is 5.75 Å². The summed E-state index contributed by atoms with van der Waals surface area (Å²) < 4.78 is 23.2. The number of aliphatic hydroxyl groups is 1. The van der Waals surface area contributed by atoms with Gasteiger partial charge in [-0.15, -0.1) is 0 Å². The van der Waals surface area contributed by atoms with Gasteiger partial charge >= 0.3 is 0 Å². The first-order valence-corrected chi connectivity index (χ1v) is 4.99. The zero-order valence-electron chi connectivity index (χ0n) is 9.18. The number of rotatable bonds is 4. The Kier molecular flexibility index (Phi) is 3.34. The Balaban J connectivity index is 2.05. The maximum atomic E-state index is 13.1. The van der Waals surface area contributed by atoms with Gasteiger partial charge in [0.2, 0.25) is 0 Å². The molecule has 0 aliphatic carbocycles. The maximum Gasteiger partial charge on any atom is 0.264 e. The topological polar surface area (TPSA) is 68.4 Å². The van der Waals surface area contributed by atoms with Crippen LogP contribution in [0.4, 0.5) is 4.39 Å². The Bertz CT molecular complexity index is 513. The first-order chi connectivity index (χ1) is 8.17. The number of hydrogen-bond acceptors (Lipinski definition) is 5. The maximum absolute atomic E-state index is 13.1. The standard InChI is InChI=1S/C11H11FN2O3/c1-7-13-11(17-14-7)6-16-10-3-8(5-15)2-9(12)4-10/h2-4,15H,5-6H2,1H3. The lowest BCUT2D eigenvalue weighted by Crippen LogP contribution is -1.97. The molecule has 0 aliphatic rings. The molecule has 1 aromatic heterocycles. The van der Waals surface area contributed by atoms with Crippen molar-refractivity contribution < 1.29 is 18.8 Å². The van der Waals surface area contributed by atoms with E-state index < -0.39 is 5.82 Å². The van der Waals surface area contributed by atoms with E-state index in [1.807, 2.05) is 0 Å². The number of nitrogens with zero attached hydrogens (tertiary/aromatic N) is 2. The highest BCUT2D eigenvalue weighted by Crippen LogP contribution is 2.17. The molecule has 5 nitrogen and oxygen atoms in total. The average Bonchev–Trinajstić information content (AvgIpc) is 2.72. The normalized spacial score (nSPS) is 10.5. The van der Waals surface area contributed by atoms with Crippen LogP contribution in [0.25, 0.3) is 0 Å². The monoisotopic (exact) mass is 238 g/mol. The van der Waals surface area contributed by atoms with Gasteiger partial charge < -0.3 is 14.4 Å². The van der Waals surface area contributed by atoms with Crippen LogP contribution >= 0.6 is 0 Å². The molecule has 17 heavy (non-hydrogen) atoms. The molecule has 1 aromatic carbocycles. The predicted octanol–water partition coefficient (Wildman–Crippen LogP) is 1.59. The Morgan fingerprint density at radius 3 is 2.88 bits per heavy atom. The molecule has 0 aliphatic heterocycles. The third-order valence-electron chi connectivity index (χ3n) is 2.05. The van der Waals surface area contributed by atoms with Gasteiger partial charge in [-0.25, -0.2) is 4.39 Å². The van der Waals surface area contributed by atoms with Gasteiger partial charge in [0.15, 0.2) is 12.4 Å². The number of ether oxygens (including phenoxy) is 1. The van der Waals surface area contributed by atoms with Gasteiger partial charge in [-0.1, -0.05) is 5.16 Å². The van der Waals surface area contributed by atoms with Crippen molar-refractivity contribution in [2.45, 2.75) is 20.1 Å². The average molecular weight is 238 g/mol. The highest BCUT2D eigenvalue weighted by molar-refractivity contribution is 5.29. The first-order valence-electron chi connectivity index (χ1n) is 4.99. The van der Waals surface area contributed by atoms with Crippen molar-refractivity contribution in [1.29, 1.82) is 0 Å². The molecule has 0 spiro atoms. The lowest BCUT2D eigenvalue weighted by Gasteiger charge is -2.05. The molecule has 0 saturated carbocycles. The molecule has 1 N–H and O–H groups in total. The highest BCUT2D eigenvalue weighted by Gasteiger charge is 2.05. The Labute approximate surface area is 96.8 Å². The number of aliphatic hydroxyl groups excluding tert-OH is 1. The molecule has 1 heterocycles. The van der Waals surface area contributed by atoms with Crippen LogP contribution in [0.5, 0.6) is 5.75 Å². The quantitative estimate of drug-likeness (QED) is 0.875. The minimum Gasteiger partial charge on any atom is -0.484 e. The van der Waals surface area contributed by atoms with E-state index in [2.05, 4.69) is 10.1 Å². The molecule has 0 amide bonds. The second kappa shape index (κ2) is 4.92. The van der Waals surface area contributed by atoms with Gasteiger partial charge in [0.25, 0.3) is 5.89 Å². The van der Waals surface area contributed by atoms with E-state index in [1.165, 1.54) is 12.1 Å². The summed E-state index contributed by atoms with van der Waals surface area (Å²) in [5.74, 6) is 0.675. The molecular formula is C11H11FN2O3. The van der Waals surface area contributed by atoms with Crippen molar-refractivity contribution in [3.63, 3.8) is 0 Å². The van der Waals surface area contributed by atoms with Crippen molar-refractivity contribution >= 4 is 0 Å². The van der Waals surface area contributed by atoms with E-state index in [0.29, 0.717) is 23.0 Å². The molecule has 0 fully saturated rings. The summed E-state index contributed by atoms with van der Waals surface area (Å²) >= 11 is 0. The van der Waals surface area contributed by atoms with Gasteiger partial charge in [-0.3, -0.25) is 0 Å². The fourth-order valence-electron chi connectivity index (χ4n) is 1.34. The van der Waals surface area contributed by atoms with Crippen LogP contribution in [0.15, 0.2) is 22.7 Å². The fourth-order valence-corrected chi connectivity index (χ4v) is 1.34. The van der Waals surface area contributed by atoms with Crippen LogP contribution in [0.3, 0.4) is 0 Å². The van der Waals surface area contributed by atoms with Crippen LogP contribution in [0.1, 0.15) is 17.3 Å². The SMILES string of the molecule is Cc1noc(COc2cc(F)cc(CO)c2)n1. The molecular weight excluding hydrogens is 227 g/mol. The molecule has 0 saturated heterocycles. The van der Waals surface area contributed by atoms with E-state index in [4.69, 9.17) is 14.4 Å². The van der Waals surface area contributed by atoms with Crippen molar-refractivity contribution in [3.05, 3.63) is 41.3 Å². The molecule has 6 heteroatoms. The summed E-state index contributed by atoms with van der Waals surface area (Å²) in [5, 5.41) is 12.5. The molecule has 0 unspecified atom stereocenters. The first kappa shape index (κ1) is 11.5. The van der Waals surface area contributed by atoms with Gasteiger partial charge in [0.1, 0.15) is 11.6 Å². The van der Waals surface area contributed by atoms with Crippen molar-refractivity contribution in [2.24, 2.45) is 0 Å². The highest BCUT2D eigenvalue weighted by atomic mass is 19.1. The zero-order chi connectivity index (χ0) is 12.3. The molecule has 0 atom stereocenters. The van der Waals surface area contributed by atoms with E-state index >= 15 is 0 Å². The summed E-state index contributed by atoms with van der Waals surface area (Å²) in [6, 6.07) is 4.01. The van der Waals surface area contributed by atoms with Crippen LogP contribution in [-0.4, -0.2) is 15.2 Å². The molecule has 0 bridgehead atoms. The van der Waals surface area contributed by atoms with Crippen molar-refractivity contribution in [1.82, 2.24) is 10.1 Å². The number of aromatic nitrogens is 2. The third kappa shape index (κ3) is 3.01. The molecule has 0 radical (unpaired) electrons. The second-order valence-corrected chi connectivity index (χ2v) is 3.48. The molecule has 90 valence electrons. The van der Waals surface area contributed by atoms with E-state index in [1.54, 1.807) is 13.0 Å². The van der Waals surface area contributed by atoms with Crippen LogP contribution in [0.2, 0.25) is 0 Å². The zero-order valence-corrected chi connectivity index (χ0v) is 9.18. The summed E-state index contributed by atoms with van der Waals surface area (Å²) in [4.78, 5) is 3.94. The van der Waals surface area contributed by atoms with E-state index in [0.717, 1.165) is 0 Å². The van der Waals surface area contributed by atoms with Crippen molar-refractivity contribution in [2.75, 3.05) is 0 Å². The minimum absolute atomic E-state index is 0.0646. The lowest BCUT2D eigenvalue weighted by atomic mass is 10.2. The number of aryl methyl sites for hydroxylation is 1. The van der Waals surface area contributed by atoms with Gasteiger partial charge in [-0.2, -0.15) is 4.98 Å². The Morgan fingerprint density at radius 1 is 1.41 bits per heavy atom. The fraction of sp³-hybridized carbons (Fsp3) is 0.273. The van der Waals surface area contributed by atoms with Crippen LogP contribution in [0, 0.1) is 12.7 Å². The lowest BCUT2D eigenvalue weighted by molar-refractivity contribution is 0.240. The summed E-state index contributed by atoms with van der Waals surface area (Å²) in [6.45, 7) is 1.52. The third-order valence-corrected chi connectivity index (χ3v) is 2.05. The Hall–Kier alpha value is -1.95. The summed E-state index contributed by atoms with van der Waals surface area (Å²) in [7, 11) is 0. The Morgan fingerprint density at radius 2 is 2.24 bits per heavy atom. The smallest absolute Gasteiger partial charge is 0.264 e. The number of hydrogen-bond donors (Lipinski definition) is 1. The number of halogens is 1. The van der Waals surface area contributed by atoms with Crippen LogP contribution in [-0.2, 0) is 13.2 Å². The minimum atomic E-state index is -0.465. The number of benzene rings is 1. The predicted molar refractivity (Wildman–Crippen MR) is 55.7 cm³/mol. The molecule has 2 aromatic rings. The van der Waals surface area contributed by atoms with E-state index in [-0.39, 0.29) is 13.2 Å². The van der Waals surface area contributed by atoms with E-state index in [9.17, 15) is 4.39 Å². The van der Waals surface area contributed by atoms with Crippen LogP contribution < -0.4 is 4.74 Å². The van der Waals surface area contributed by atoms with Gasteiger partial charge in [0.05, 0.1) is 6.61 Å². The second-order valence-electron chi connectivity index (χ2n) is 3.48. The summed E-state index contributed by atoms with van der Waals surface area (Å²) in [6.07, 6.45) is 0. The van der Waals surface area contributed by atoms with Gasteiger partial charge in [0, 0.05) is 6.07 Å².